The lowest BCUT2D eigenvalue weighted by atomic mass is 9.95. The first-order valence-electron chi connectivity index (χ1n) is 11.4. The summed E-state index contributed by atoms with van der Waals surface area (Å²) in [6.45, 7) is 1.56. The number of nitrogens with zero attached hydrogens (tertiary/aromatic N) is 4. The summed E-state index contributed by atoms with van der Waals surface area (Å²) in [5, 5.41) is 5.70. The van der Waals surface area contributed by atoms with Crippen molar-refractivity contribution >= 4 is 6.21 Å². The molecule has 1 aliphatic heterocycles. The van der Waals surface area contributed by atoms with Crippen molar-refractivity contribution in [2.75, 3.05) is 0 Å². The lowest BCUT2D eigenvalue weighted by Crippen LogP contribution is -2.23. The maximum absolute atomic E-state index is 14.2. The molecule has 2 aromatic heterocycles. The third-order valence-electron chi connectivity index (χ3n) is 6.09. The lowest BCUT2D eigenvalue weighted by molar-refractivity contribution is -0.142. The molecule has 0 radical (unpaired) electrons. The summed E-state index contributed by atoms with van der Waals surface area (Å²) in [7, 11) is 0. The van der Waals surface area contributed by atoms with Gasteiger partial charge in [0.2, 0.25) is 0 Å². The minimum Gasteiger partial charge on any atom is -0.337 e. The van der Waals surface area contributed by atoms with E-state index in [1.165, 1.54) is 35.5 Å². The molecule has 0 saturated heterocycles. The van der Waals surface area contributed by atoms with Crippen LogP contribution in [-0.2, 0) is 25.4 Å². The number of halogens is 8. The van der Waals surface area contributed by atoms with E-state index < -0.39 is 40.7 Å². The Kier molecular flexibility index (Phi) is 6.39. The van der Waals surface area contributed by atoms with E-state index in [0.29, 0.717) is 23.1 Å². The fourth-order valence-electron chi connectivity index (χ4n) is 4.25. The van der Waals surface area contributed by atoms with E-state index in [0.717, 1.165) is 12.1 Å². The lowest BCUT2D eigenvalue weighted by Gasteiger charge is -2.23. The fourth-order valence-corrected chi connectivity index (χ4v) is 4.25. The number of aromatic nitrogens is 3. The first-order chi connectivity index (χ1) is 18.3. The van der Waals surface area contributed by atoms with Crippen molar-refractivity contribution in [3.63, 3.8) is 0 Å². The summed E-state index contributed by atoms with van der Waals surface area (Å²) < 4.78 is 109. The SMILES string of the molecule is Cc1ccc(-c2ccc(C(F)(F)F)cc2C(F)(F)F)c(CN2Cc3nc(-c4cccc(F)c4F)[nH]c3C=N2)n1. The summed E-state index contributed by atoms with van der Waals surface area (Å²) in [4.78, 5) is 11.5. The minimum absolute atomic E-state index is 0.00723. The molecule has 1 N–H and O–H groups in total. The Morgan fingerprint density at radius 1 is 0.872 bits per heavy atom. The zero-order valence-corrected chi connectivity index (χ0v) is 19.9. The molecule has 5 rings (SSSR count). The standard InChI is InChI=1S/C26H17F8N5/c1-13-5-7-16(15-8-6-14(25(29,30)31)9-18(15)26(32,33)34)21(36-13)11-39-12-22-20(10-35-39)37-24(38-22)17-3-2-4-19(27)23(17)28/h2-10H,11-12H2,1H3,(H,37,38). The molecule has 0 bridgehead atoms. The zero-order valence-electron chi connectivity index (χ0n) is 19.9. The van der Waals surface area contributed by atoms with Crippen molar-refractivity contribution in [3.8, 4) is 22.5 Å². The largest absolute Gasteiger partial charge is 0.417 e. The summed E-state index contributed by atoms with van der Waals surface area (Å²) >= 11 is 0. The van der Waals surface area contributed by atoms with Gasteiger partial charge in [0, 0.05) is 11.3 Å². The van der Waals surface area contributed by atoms with E-state index in [-0.39, 0.29) is 41.8 Å². The van der Waals surface area contributed by atoms with Crippen LogP contribution in [0.2, 0.25) is 0 Å². The van der Waals surface area contributed by atoms with Gasteiger partial charge in [0.1, 0.15) is 5.82 Å². The maximum Gasteiger partial charge on any atom is 0.417 e. The quantitative estimate of drug-likeness (QED) is 0.275. The van der Waals surface area contributed by atoms with Crippen molar-refractivity contribution in [3.05, 3.63) is 94.1 Å². The van der Waals surface area contributed by atoms with Crippen LogP contribution in [-0.4, -0.2) is 26.2 Å². The Morgan fingerprint density at radius 3 is 2.33 bits per heavy atom. The number of hydrazone groups is 1. The van der Waals surface area contributed by atoms with Gasteiger partial charge in [-0.2, -0.15) is 31.4 Å². The highest BCUT2D eigenvalue weighted by atomic mass is 19.4. The highest BCUT2D eigenvalue weighted by Gasteiger charge is 2.39. The van der Waals surface area contributed by atoms with Crippen LogP contribution >= 0.6 is 0 Å². The Hall–Kier alpha value is -4.29. The average molecular weight is 551 g/mol. The predicted molar refractivity (Wildman–Crippen MR) is 125 cm³/mol. The molecule has 0 fully saturated rings. The van der Waals surface area contributed by atoms with E-state index in [1.807, 2.05) is 0 Å². The van der Waals surface area contributed by atoms with Gasteiger partial charge in [-0.25, -0.2) is 13.8 Å². The maximum atomic E-state index is 14.2. The van der Waals surface area contributed by atoms with Gasteiger partial charge in [0.05, 0.1) is 53.1 Å². The Labute approximate surface area is 215 Å². The predicted octanol–water partition coefficient (Wildman–Crippen LogP) is 7.11. The van der Waals surface area contributed by atoms with Crippen LogP contribution in [0.1, 0.15) is 33.9 Å². The second kappa shape index (κ2) is 9.47. The molecule has 2 aromatic carbocycles. The molecule has 0 amide bonds. The second-order valence-electron chi connectivity index (χ2n) is 8.82. The Balaban J connectivity index is 1.48. The van der Waals surface area contributed by atoms with Crippen LogP contribution in [0.5, 0.6) is 0 Å². The second-order valence-corrected chi connectivity index (χ2v) is 8.82. The molecule has 0 atom stereocenters. The summed E-state index contributed by atoms with van der Waals surface area (Å²) in [6.07, 6.45) is -8.64. The van der Waals surface area contributed by atoms with E-state index in [4.69, 9.17) is 0 Å². The molecule has 0 saturated carbocycles. The van der Waals surface area contributed by atoms with E-state index >= 15 is 0 Å². The van der Waals surface area contributed by atoms with Gasteiger partial charge in [-0.15, -0.1) is 0 Å². The van der Waals surface area contributed by atoms with Gasteiger partial charge < -0.3 is 4.98 Å². The zero-order chi connectivity index (χ0) is 28.1. The average Bonchev–Trinajstić information content (AvgIpc) is 3.27. The van der Waals surface area contributed by atoms with E-state index in [1.54, 1.807) is 6.92 Å². The van der Waals surface area contributed by atoms with Gasteiger partial charge in [0.25, 0.3) is 0 Å². The van der Waals surface area contributed by atoms with Crippen LogP contribution in [0.15, 0.2) is 53.6 Å². The molecule has 4 aromatic rings. The van der Waals surface area contributed by atoms with E-state index in [9.17, 15) is 35.1 Å². The number of hydrogen-bond donors (Lipinski definition) is 1. The molecule has 202 valence electrons. The summed E-state index contributed by atoms with van der Waals surface area (Å²) in [6, 6.07) is 7.94. The molecule has 0 unspecified atom stereocenters. The number of nitrogens with one attached hydrogen (secondary N) is 1. The van der Waals surface area contributed by atoms with Crippen LogP contribution in [0.25, 0.3) is 22.5 Å². The number of benzene rings is 2. The highest BCUT2D eigenvalue weighted by Crippen LogP contribution is 2.42. The number of aromatic amines is 1. The van der Waals surface area contributed by atoms with Crippen molar-refractivity contribution in [2.24, 2.45) is 5.10 Å². The first-order valence-corrected chi connectivity index (χ1v) is 11.4. The monoisotopic (exact) mass is 551 g/mol. The Bertz CT molecular complexity index is 1590. The number of pyridine rings is 1. The van der Waals surface area contributed by atoms with Gasteiger partial charge in [0.15, 0.2) is 11.6 Å². The van der Waals surface area contributed by atoms with Gasteiger partial charge in [-0.3, -0.25) is 9.99 Å². The highest BCUT2D eigenvalue weighted by molar-refractivity contribution is 5.81. The minimum atomic E-state index is -5.06. The van der Waals surface area contributed by atoms with Crippen LogP contribution in [0, 0.1) is 18.6 Å². The number of hydrogen-bond acceptors (Lipinski definition) is 4. The molecule has 3 heterocycles. The van der Waals surface area contributed by atoms with Crippen molar-refractivity contribution in [2.45, 2.75) is 32.4 Å². The third-order valence-corrected chi connectivity index (χ3v) is 6.09. The molecule has 0 aliphatic carbocycles. The fraction of sp³-hybridized carbons (Fsp3) is 0.192. The molecule has 5 nitrogen and oxygen atoms in total. The van der Waals surface area contributed by atoms with Crippen molar-refractivity contribution < 1.29 is 35.1 Å². The number of H-pyrrole nitrogens is 1. The van der Waals surface area contributed by atoms with Gasteiger partial charge in [-0.1, -0.05) is 18.2 Å². The Morgan fingerprint density at radius 2 is 1.62 bits per heavy atom. The van der Waals surface area contributed by atoms with Crippen LogP contribution < -0.4 is 0 Å². The molecular weight excluding hydrogens is 534 g/mol. The normalized spacial score (nSPS) is 13.6. The van der Waals surface area contributed by atoms with Gasteiger partial charge >= 0.3 is 12.4 Å². The number of rotatable bonds is 4. The number of aryl methyl sites for hydroxylation is 1. The van der Waals surface area contributed by atoms with Crippen LogP contribution in [0.4, 0.5) is 35.1 Å². The third kappa shape index (κ3) is 5.20. The molecule has 0 spiro atoms. The molecule has 1 aliphatic rings. The van der Waals surface area contributed by atoms with Crippen LogP contribution in [0.3, 0.4) is 0 Å². The van der Waals surface area contributed by atoms with Crippen molar-refractivity contribution in [1.82, 2.24) is 20.0 Å². The number of imidazole rings is 1. The molecule has 13 heteroatoms. The first kappa shape index (κ1) is 26.3. The number of alkyl halides is 6. The topological polar surface area (TPSA) is 57.2 Å². The molecule has 39 heavy (non-hydrogen) atoms. The van der Waals surface area contributed by atoms with E-state index in [2.05, 4.69) is 20.1 Å². The van der Waals surface area contributed by atoms with Gasteiger partial charge in [-0.05, 0) is 42.8 Å². The number of fused-ring (bicyclic) bond motifs is 1. The molecular formula is C26H17F8N5. The summed E-state index contributed by atoms with van der Waals surface area (Å²) in [5.74, 6) is -2.06. The smallest absolute Gasteiger partial charge is 0.337 e. The van der Waals surface area contributed by atoms with Crippen molar-refractivity contribution in [1.29, 1.82) is 0 Å². The summed E-state index contributed by atoms with van der Waals surface area (Å²) in [5.41, 5.74) is -1.94.